The van der Waals surface area contributed by atoms with Crippen LogP contribution in [-0.2, 0) is 4.79 Å². The summed E-state index contributed by atoms with van der Waals surface area (Å²) in [5, 5.41) is 0. The molecule has 0 heterocycles. The van der Waals surface area contributed by atoms with Crippen LogP contribution in [0, 0.1) is 11.3 Å². The second-order valence-electron chi connectivity index (χ2n) is 5.66. The summed E-state index contributed by atoms with van der Waals surface area (Å²) < 4.78 is 0. The van der Waals surface area contributed by atoms with Gasteiger partial charge in [0, 0.05) is 25.0 Å². The van der Waals surface area contributed by atoms with Gasteiger partial charge in [0.25, 0.3) is 0 Å². The number of hydrogen-bond donors (Lipinski definition) is 1. The molecule has 0 rings (SSSR count). The lowest BCUT2D eigenvalue weighted by atomic mass is 9.88. The Kier molecular flexibility index (Phi) is 8.90. The predicted molar refractivity (Wildman–Crippen MR) is 76.4 cm³/mol. The fourth-order valence-electron chi connectivity index (χ4n) is 1.45. The summed E-state index contributed by atoms with van der Waals surface area (Å²) in [4.78, 5) is 13.9. The molecule has 0 bridgehead atoms. The number of nitrogens with zero attached hydrogens (tertiary/aromatic N) is 1. The van der Waals surface area contributed by atoms with Gasteiger partial charge in [0.2, 0.25) is 5.91 Å². The number of carbonyl (C=O) groups excluding carboxylic acids is 1. The lowest BCUT2D eigenvalue weighted by Gasteiger charge is -2.29. The lowest BCUT2D eigenvalue weighted by molar-refractivity contribution is -0.139. The van der Waals surface area contributed by atoms with Crippen LogP contribution in [-0.4, -0.2) is 30.4 Å². The summed E-state index contributed by atoms with van der Waals surface area (Å²) in [6.45, 7) is 11.0. The van der Waals surface area contributed by atoms with Gasteiger partial charge in [-0.15, -0.1) is 12.4 Å². The standard InChI is InChI=1S/C13H28N2O.ClH/c1-7-13(4,5)12(16)15(6)9-8-11(14)10(2)3;/h10-11H,7-9,14H2,1-6H3;1H. The van der Waals surface area contributed by atoms with Crippen LogP contribution in [0.4, 0.5) is 0 Å². The summed E-state index contributed by atoms with van der Waals surface area (Å²) in [5.41, 5.74) is 5.72. The van der Waals surface area contributed by atoms with Crippen molar-refractivity contribution in [3.8, 4) is 0 Å². The van der Waals surface area contributed by atoms with Crippen molar-refractivity contribution in [2.75, 3.05) is 13.6 Å². The maximum Gasteiger partial charge on any atom is 0.227 e. The Labute approximate surface area is 113 Å². The summed E-state index contributed by atoms with van der Waals surface area (Å²) in [6, 6.07) is 0.181. The highest BCUT2D eigenvalue weighted by Gasteiger charge is 2.28. The molecule has 0 radical (unpaired) electrons. The lowest BCUT2D eigenvalue weighted by Crippen LogP contribution is -2.40. The van der Waals surface area contributed by atoms with Gasteiger partial charge in [0.15, 0.2) is 0 Å². The predicted octanol–water partition coefficient (Wildman–Crippen LogP) is 2.68. The van der Waals surface area contributed by atoms with Crippen molar-refractivity contribution in [1.82, 2.24) is 4.90 Å². The Morgan fingerprint density at radius 2 is 1.82 bits per heavy atom. The van der Waals surface area contributed by atoms with E-state index in [0.29, 0.717) is 5.92 Å². The second-order valence-corrected chi connectivity index (χ2v) is 5.66. The van der Waals surface area contributed by atoms with E-state index in [2.05, 4.69) is 13.8 Å². The van der Waals surface area contributed by atoms with Crippen molar-refractivity contribution in [1.29, 1.82) is 0 Å². The van der Waals surface area contributed by atoms with Crippen LogP contribution in [0.5, 0.6) is 0 Å². The molecule has 0 spiro atoms. The molecule has 0 saturated carbocycles. The van der Waals surface area contributed by atoms with Gasteiger partial charge in [-0.1, -0.05) is 34.6 Å². The number of amides is 1. The normalized spacial score (nSPS) is 13.2. The molecule has 1 unspecified atom stereocenters. The topological polar surface area (TPSA) is 46.3 Å². The first-order chi connectivity index (χ1) is 7.22. The van der Waals surface area contributed by atoms with Gasteiger partial charge in [-0.2, -0.15) is 0 Å². The quantitative estimate of drug-likeness (QED) is 0.802. The third kappa shape index (κ3) is 6.27. The highest BCUT2D eigenvalue weighted by atomic mass is 35.5. The van der Waals surface area contributed by atoms with E-state index < -0.39 is 0 Å². The molecule has 17 heavy (non-hydrogen) atoms. The van der Waals surface area contributed by atoms with E-state index in [-0.39, 0.29) is 29.8 Å². The van der Waals surface area contributed by atoms with Crippen LogP contribution in [0.15, 0.2) is 0 Å². The highest BCUT2D eigenvalue weighted by Crippen LogP contribution is 2.22. The molecule has 0 aromatic carbocycles. The first-order valence-electron chi connectivity index (χ1n) is 6.23. The van der Waals surface area contributed by atoms with Gasteiger partial charge < -0.3 is 10.6 Å². The van der Waals surface area contributed by atoms with Crippen molar-refractivity contribution in [3.63, 3.8) is 0 Å². The fraction of sp³-hybridized carbons (Fsp3) is 0.923. The number of carbonyl (C=O) groups is 1. The van der Waals surface area contributed by atoms with Crippen molar-refractivity contribution in [2.45, 2.75) is 53.5 Å². The molecule has 0 aliphatic heterocycles. The van der Waals surface area contributed by atoms with E-state index in [9.17, 15) is 4.79 Å². The van der Waals surface area contributed by atoms with E-state index in [0.717, 1.165) is 19.4 Å². The Bertz CT molecular complexity index is 229. The monoisotopic (exact) mass is 264 g/mol. The van der Waals surface area contributed by atoms with Gasteiger partial charge in [-0.3, -0.25) is 4.79 Å². The fourth-order valence-corrected chi connectivity index (χ4v) is 1.45. The molecule has 2 N–H and O–H groups in total. The van der Waals surface area contributed by atoms with Crippen molar-refractivity contribution >= 4 is 18.3 Å². The van der Waals surface area contributed by atoms with Crippen LogP contribution in [0.2, 0.25) is 0 Å². The van der Waals surface area contributed by atoms with Crippen LogP contribution >= 0.6 is 12.4 Å². The Morgan fingerprint density at radius 3 is 2.18 bits per heavy atom. The molecule has 1 amide bonds. The number of nitrogens with two attached hydrogens (primary N) is 1. The summed E-state index contributed by atoms with van der Waals surface area (Å²) in [5.74, 6) is 0.689. The first kappa shape index (κ1) is 19.1. The van der Waals surface area contributed by atoms with Crippen LogP contribution in [0.1, 0.15) is 47.5 Å². The Morgan fingerprint density at radius 1 is 1.35 bits per heavy atom. The molecule has 4 heteroatoms. The third-order valence-corrected chi connectivity index (χ3v) is 3.46. The molecular formula is C13H29ClN2O. The maximum atomic E-state index is 12.1. The van der Waals surface area contributed by atoms with E-state index in [1.165, 1.54) is 0 Å². The molecule has 0 aliphatic rings. The molecule has 0 aromatic rings. The zero-order chi connectivity index (χ0) is 12.9. The summed E-state index contributed by atoms with van der Waals surface area (Å²) >= 11 is 0. The van der Waals surface area contributed by atoms with Gasteiger partial charge in [-0.05, 0) is 18.8 Å². The minimum atomic E-state index is -0.253. The first-order valence-corrected chi connectivity index (χ1v) is 6.23. The molecule has 0 aromatic heterocycles. The smallest absolute Gasteiger partial charge is 0.227 e. The SMILES string of the molecule is CCC(C)(C)C(=O)N(C)CCC(N)C(C)C.Cl. The molecule has 1 atom stereocenters. The largest absolute Gasteiger partial charge is 0.345 e. The second kappa shape index (κ2) is 7.93. The van der Waals surface area contributed by atoms with Crippen molar-refractivity contribution in [2.24, 2.45) is 17.1 Å². The van der Waals surface area contributed by atoms with Gasteiger partial charge >= 0.3 is 0 Å². The van der Waals surface area contributed by atoms with E-state index in [1.54, 1.807) is 0 Å². The van der Waals surface area contributed by atoms with Gasteiger partial charge in [-0.25, -0.2) is 0 Å². The van der Waals surface area contributed by atoms with Crippen LogP contribution in [0.3, 0.4) is 0 Å². The zero-order valence-electron chi connectivity index (χ0n) is 12.1. The van der Waals surface area contributed by atoms with Crippen molar-refractivity contribution in [3.05, 3.63) is 0 Å². The van der Waals surface area contributed by atoms with Crippen molar-refractivity contribution < 1.29 is 4.79 Å². The molecule has 0 saturated heterocycles. The Balaban J connectivity index is 0. The zero-order valence-corrected chi connectivity index (χ0v) is 12.9. The third-order valence-electron chi connectivity index (χ3n) is 3.46. The molecule has 0 aliphatic carbocycles. The number of rotatable bonds is 6. The maximum absolute atomic E-state index is 12.1. The molecular weight excluding hydrogens is 236 g/mol. The van der Waals surface area contributed by atoms with Crippen LogP contribution in [0.25, 0.3) is 0 Å². The van der Waals surface area contributed by atoms with Gasteiger partial charge in [0.1, 0.15) is 0 Å². The van der Waals surface area contributed by atoms with E-state index in [1.807, 2.05) is 32.7 Å². The van der Waals surface area contributed by atoms with E-state index in [4.69, 9.17) is 5.73 Å². The minimum absolute atomic E-state index is 0. The van der Waals surface area contributed by atoms with Crippen LogP contribution < -0.4 is 5.73 Å². The number of hydrogen-bond acceptors (Lipinski definition) is 2. The highest BCUT2D eigenvalue weighted by molar-refractivity contribution is 5.85. The Hall–Kier alpha value is -0.280. The van der Waals surface area contributed by atoms with Gasteiger partial charge in [0.05, 0.1) is 0 Å². The molecule has 0 fully saturated rings. The average Bonchev–Trinajstić information content (AvgIpc) is 2.23. The average molecular weight is 265 g/mol. The summed E-state index contributed by atoms with van der Waals surface area (Å²) in [6.07, 6.45) is 1.74. The van der Waals surface area contributed by atoms with E-state index >= 15 is 0 Å². The minimum Gasteiger partial charge on any atom is -0.345 e. The number of halogens is 1. The summed E-state index contributed by atoms with van der Waals surface area (Å²) in [7, 11) is 1.87. The molecule has 3 nitrogen and oxygen atoms in total. The molecule has 104 valence electrons.